The molecule has 3 aromatic heterocycles. The first-order chi connectivity index (χ1) is 13.6. The van der Waals surface area contributed by atoms with Crippen LogP contribution in [0.3, 0.4) is 0 Å². The van der Waals surface area contributed by atoms with Crippen LogP contribution < -0.4 is 5.32 Å². The van der Waals surface area contributed by atoms with Crippen LogP contribution in [0.5, 0.6) is 0 Å². The Balaban J connectivity index is 1.35. The van der Waals surface area contributed by atoms with Crippen LogP contribution in [0.15, 0.2) is 44.9 Å². The first kappa shape index (κ1) is 19.1. The monoisotopic (exact) mass is 450 g/mol. The van der Waals surface area contributed by atoms with Crippen LogP contribution in [0.4, 0.5) is 5.13 Å². The standard InChI is InChI=1S/C18H12Cl2N4O2S2/c19-11-1-2-12(13(20)7-11)14-9-28-18(21-14)22-15(25)3-4-16-23-17(24-26-16)10-5-6-27-8-10/h1-2,5-9H,3-4H2,(H,21,22,25). The molecule has 0 saturated carbocycles. The number of thiazole rings is 1. The Morgan fingerprint density at radius 3 is 2.86 bits per heavy atom. The maximum atomic E-state index is 12.2. The van der Waals surface area contributed by atoms with E-state index in [-0.39, 0.29) is 12.3 Å². The number of hydrogen-bond donors (Lipinski definition) is 1. The Hall–Kier alpha value is -2.26. The number of aryl methyl sites for hydroxylation is 1. The van der Waals surface area contributed by atoms with Crippen LogP contribution in [0.2, 0.25) is 10.0 Å². The number of benzene rings is 1. The van der Waals surface area contributed by atoms with Gasteiger partial charge in [-0.3, -0.25) is 4.79 Å². The van der Waals surface area contributed by atoms with Crippen LogP contribution in [0, 0.1) is 0 Å². The summed E-state index contributed by atoms with van der Waals surface area (Å²) in [5.41, 5.74) is 2.34. The summed E-state index contributed by atoms with van der Waals surface area (Å²) < 4.78 is 5.20. The molecule has 0 bridgehead atoms. The number of anilines is 1. The van der Waals surface area contributed by atoms with Crippen LogP contribution in [0.1, 0.15) is 12.3 Å². The molecule has 10 heteroatoms. The molecular formula is C18H12Cl2N4O2S2. The molecule has 0 aliphatic carbocycles. The molecule has 1 N–H and O–H groups in total. The largest absolute Gasteiger partial charge is 0.339 e. The molecule has 1 amide bonds. The molecule has 142 valence electrons. The minimum atomic E-state index is -0.182. The molecule has 0 unspecified atom stereocenters. The normalized spacial score (nSPS) is 10.9. The van der Waals surface area contributed by atoms with Gasteiger partial charge >= 0.3 is 0 Å². The molecule has 0 atom stereocenters. The third-order valence-corrected chi connectivity index (χ3v) is 5.76. The van der Waals surface area contributed by atoms with Crippen molar-refractivity contribution in [2.75, 3.05) is 5.32 Å². The van der Waals surface area contributed by atoms with Crippen molar-refractivity contribution in [1.29, 1.82) is 0 Å². The van der Waals surface area contributed by atoms with Crippen molar-refractivity contribution in [1.82, 2.24) is 15.1 Å². The van der Waals surface area contributed by atoms with E-state index in [9.17, 15) is 4.79 Å². The van der Waals surface area contributed by atoms with E-state index in [4.69, 9.17) is 27.7 Å². The second-order valence-electron chi connectivity index (χ2n) is 5.73. The lowest BCUT2D eigenvalue weighted by Gasteiger charge is -2.01. The summed E-state index contributed by atoms with van der Waals surface area (Å²) in [7, 11) is 0. The molecule has 3 heterocycles. The topological polar surface area (TPSA) is 80.9 Å². The SMILES string of the molecule is O=C(CCc1nc(-c2ccsc2)no1)Nc1nc(-c2ccc(Cl)cc2Cl)cs1. The lowest BCUT2D eigenvalue weighted by molar-refractivity contribution is -0.116. The lowest BCUT2D eigenvalue weighted by Crippen LogP contribution is -2.12. The van der Waals surface area contributed by atoms with Crippen molar-refractivity contribution >= 4 is 56.9 Å². The first-order valence-corrected chi connectivity index (χ1v) is 10.7. The van der Waals surface area contributed by atoms with E-state index in [0.29, 0.717) is 39.0 Å². The van der Waals surface area contributed by atoms with Gasteiger partial charge in [0.2, 0.25) is 17.6 Å². The van der Waals surface area contributed by atoms with Crippen LogP contribution in [0.25, 0.3) is 22.6 Å². The second-order valence-corrected chi connectivity index (χ2v) is 8.22. The summed E-state index contributed by atoms with van der Waals surface area (Å²) in [6.07, 6.45) is 0.562. The molecule has 0 saturated heterocycles. The summed E-state index contributed by atoms with van der Waals surface area (Å²) in [6, 6.07) is 7.12. The molecule has 0 aliphatic rings. The van der Waals surface area contributed by atoms with Crippen molar-refractivity contribution < 1.29 is 9.32 Å². The second kappa shape index (κ2) is 8.40. The molecule has 6 nitrogen and oxygen atoms in total. The number of halogens is 2. The van der Waals surface area contributed by atoms with E-state index in [1.165, 1.54) is 11.3 Å². The van der Waals surface area contributed by atoms with E-state index in [1.54, 1.807) is 29.5 Å². The van der Waals surface area contributed by atoms with Gasteiger partial charge in [-0.1, -0.05) is 28.4 Å². The van der Waals surface area contributed by atoms with Crippen molar-refractivity contribution in [3.05, 3.63) is 56.3 Å². The fraction of sp³-hybridized carbons (Fsp3) is 0.111. The van der Waals surface area contributed by atoms with Gasteiger partial charge in [-0.15, -0.1) is 11.3 Å². The highest BCUT2D eigenvalue weighted by Gasteiger charge is 2.13. The third-order valence-electron chi connectivity index (χ3n) is 3.77. The summed E-state index contributed by atoms with van der Waals surface area (Å²) >= 11 is 15.0. The molecule has 4 rings (SSSR count). The van der Waals surface area contributed by atoms with Crippen molar-refractivity contribution in [2.24, 2.45) is 0 Å². The molecular weight excluding hydrogens is 439 g/mol. The number of aromatic nitrogens is 3. The van der Waals surface area contributed by atoms with Gasteiger partial charge in [0.1, 0.15) is 0 Å². The average molecular weight is 451 g/mol. The number of thiophene rings is 1. The van der Waals surface area contributed by atoms with Gasteiger partial charge < -0.3 is 9.84 Å². The Bertz CT molecular complexity index is 1110. The molecule has 0 fully saturated rings. The zero-order valence-corrected chi connectivity index (χ0v) is 17.3. The fourth-order valence-corrected chi connectivity index (χ4v) is 4.29. The average Bonchev–Trinajstić information content (AvgIpc) is 3.41. The third kappa shape index (κ3) is 4.41. The maximum Gasteiger partial charge on any atom is 0.227 e. The predicted octanol–water partition coefficient (Wildman–Crippen LogP) is 5.80. The first-order valence-electron chi connectivity index (χ1n) is 8.14. The minimum Gasteiger partial charge on any atom is -0.339 e. The molecule has 4 aromatic rings. The minimum absolute atomic E-state index is 0.182. The molecule has 0 aliphatic heterocycles. The van der Waals surface area contributed by atoms with E-state index in [2.05, 4.69) is 20.4 Å². The van der Waals surface area contributed by atoms with Crippen LogP contribution in [-0.4, -0.2) is 21.0 Å². The maximum absolute atomic E-state index is 12.2. The number of hydrogen-bond acceptors (Lipinski definition) is 7. The number of nitrogens with one attached hydrogen (secondary N) is 1. The number of nitrogens with zero attached hydrogens (tertiary/aromatic N) is 3. The van der Waals surface area contributed by atoms with Gasteiger partial charge in [-0.05, 0) is 29.6 Å². The number of amides is 1. The van der Waals surface area contributed by atoms with Gasteiger partial charge in [-0.2, -0.15) is 16.3 Å². The molecule has 28 heavy (non-hydrogen) atoms. The van der Waals surface area contributed by atoms with E-state index < -0.39 is 0 Å². The van der Waals surface area contributed by atoms with Gasteiger partial charge in [-0.25, -0.2) is 4.98 Å². The Kier molecular flexibility index (Phi) is 5.72. The smallest absolute Gasteiger partial charge is 0.227 e. The van der Waals surface area contributed by atoms with E-state index in [0.717, 1.165) is 11.1 Å². The Morgan fingerprint density at radius 2 is 2.07 bits per heavy atom. The van der Waals surface area contributed by atoms with E-state index in [1.807, 2.05) is 22.2 Å². The van der Waals surface area contributed by atoms with Gasteiger partial charge in [0.25, 0.3) is 0 Å². The molecule has 1 aromatic carbocycles. The zero-order valence-electron chi connectivity index (χ0n) is 14.2. The predicted molar refractivity (Wildman–Crippen MR) is 112 cm³/mol. The highest BCUT2D eigenvalue weighted by molar-refractivity contribution is 7.14. The highest BCUT2D eigenvalue weighted by Crippen LogP contribution is 2.32. The quantitative estimate of drug-likeness (QED) is 0.401. The fourth-order valence-electron chi connectivity index (χ4n) is 2.42. The van der Waals surface area contributed by atoms with Crippen molar-refractivity contribution in [2.45, 2.75) is 12.8 Å². The Morgan fingerprint density at radius 1 is 1.18 bits per heavy atom. The van der Waals surface area contributed by atoms with Crippen LogP contribution >= 0.6 is 45.9 Å². The number of carbonyl (C=O) groups is 1. The van der Waals surface area contributed by atoms with Crippen molar-refractivity contribution in [3.8, 4) is 22.6 Å². The molecule has 0 radical (unpaired) electrons. The summed E-state index contributed by atoms with van der Waals surface area (Å²) in [4.78, 5) is 20.9. The van der Waals surface area contributed by atoms with Crippen molar-refractivity contribution in [3.63, 3.8) is 0 Å². The van der Waals surface area contributed by atoms with Gasteiger partial charge in [0.05, 0.1) is 10.7 Å². The lowest BCUT2D eigenvalue weighted by atomic mass is 10.2. The van der Waals surface area contributed by atoms with Gasteiger partial charge in [0, 0.05) is 39.8 Å². The zero-order chi connectivity index (χ0) is 19.5. The molecule has 0 spiro atoms. The van der Waals surface area contributed by atoms with Crippen LogP contribution in [-0.2, 0) is 11.2 Å². The summed E-state index contributed by atoms with van der Waals surface area (Å²) in [5, 5.41) is 14.0. The summed E-state index contributed by atoms with van der Waals surface area (Å²) in [5.74, 6) is 0.767. The summed E-state index contributed by atoms with van der Waals surface area (Å²) in [6.45, 7) is 0. The number of carbonyl (C=O) groups excluding carboxylic acids is 1. The Labute approximate surface area is 178 Å². The van der Waals surface area contributed by atoms with Gasteiger partial charge in [0.15, 0.2) is 5.13 Å². The highest BCUT2D eigenvalue weighted by atomic mass is 35.5. The van der Waals surface area contributed by atoms with E-state index >= 15 is 0 Å². The number of rotatable bonds is 6.